The molecule has 0 aliphatic carbocycles. The molecule has 0 saturated heterocycles. The maximum Gasteiger partial charge on any atom is 0.143 e. The van der Waals surface area contributed by atoms with E-state index < -0.39 is 0 Å². The van der Waals surface area contributed by atoms with Crippen LogP contribution in [0.1, 0.15) is 5.56 Å². The van der Waals surface area contributed by atoms with Crippen LogP contribution in [0.4, 0.5) is 17.1 Å². The van der Waals surface area contributed by atoms with E-state index in [0.717, 1.165) is 16.9 Å². The summed E-state index contributed by atoms with van der Waals surface area (Å²) in [6, 6.07) is 13.6. The van der Waals surface area contributed by atoms with Crippen molar-refractivity contribution in [1.82, 2.24) is 0 Å². The topological polar surface area (TPSA) is 56.5 Å². The maximum absolute atomic E-state index is 5.80. The van der Waals surface area contributed by atoms with Crippen LogP contribution >= 0.6 is 0 Å². The molecule has 4 heteroatoms. The Bertz CT molecular complexity index is 556. The molecule has 100 valence electrons. The average Bonchev–Trinajstić information content (AvgIpc) is 2.43. The van der Waals surface area contributed by atoms with Gasteiger partial charge in [0.2, 0.25) is 0 Å². The highest BCUT2D eigenvalue weighted by atomic mass is 16.5. The summed E-state index contributed by atoms with van der Waals surface area (Å²) in [6.07, 6.45) is 0. The molecule has 0 bridgehead atoms. The predicted molar refractivity (Wildman–Crippen MR) is 77.8 cm³/mol. The largest absolute Gasteiger partial charge is 0.495 e. The summed E-state index contributed by atoms with van der Waals surface area (Å²) in [4.78, 5) is 0. The Morgan fingerprint density at radius 3 is 2.63 bits per heavy atom. The fourth-order valence-corrected chi connectivity index (χ4v) is 1.87. The van der Waals surface area contributed by atoms with Crippen LogP contribution in [0.3, 0.4) is 0 Å². The van der Waals surface area contributed by atoms with Crippen LogP contribution < -0.4 is 15.8 Å². The van der Waals surface area contributed by atoms with Crippen LogP contribution in [-0.4, -0.2) is 14.2 Å². The van der Waals surface area contributed by atoms with Gasteiger partial charge in [0.15, 0.2) is 0 Å². The number of nitrogen functional groups attached to an aromatic ring is 1. The molecule has 19 heavy (non-hydrogen) atoms. The molecular weight excluding hydrogens is 240 g/mol. The van der Waals surface area contributed by atoms with Crippen LogP contribution in [0.5, 0.6) is 5.75 Å². The second-order valence-electron chi connectivity index (χ2n) is 4.17. The van der Waals surface area contributed by atoms with Gasteiger partial charge in [0.05, 0.1) is 19.4 Å². The number of rotatable bonds is 5. The highest BCUT2D eigenvalue weighted by Crippen LogP contribution is 2.28. The Labute approximate surface area is 113 Å². The van der Waals surface area contributed by atoms with Crippen molar-refractivity contribution in [2.45, 2.75) is 6.61 Å². The number of methoxy groups -OCH3 is 2. The van der Waals surface area contributed by atoms with E-state index in [0.29, 0.717) is 18.0 Å². The van der Waals surface area contributed by atoms with Gasteiger partial charge in [0.25, 0.3) is 0 Å². The standard InChI is InChI=1S/C15H18N2O2/c1-18-10-11-5-3-4-6-14(11)17-12-7-8-13(16)15(9-12)19-2/h3-9,17H,10,16H2,1-2H3. The molecule has 0 amide bonds. The molecule has 2 aromatic rings. The van der Waals surface area contributed by atoms with Gasteiger partial charge >= 0.3 is 0 Å². The molecule has 0 aliphatic rings. The molecule has 0 radical (unpaired) electrons. The quantitative estimate of drug-likeness (QED) is 0.809. The SMILES string of the molecule is COCc1ccccc1Nc1ccc(N)c(OC)c1. The minimum Gasteiger partial charge on any atom is -0.495 e. The van der Waals surface area contributed by atoms with Gasteiger partial charge in [0.1, 0.15) is 5.75 Å². The number of benzene rings is 2. The van der Waals surface area contributed by atoms with Gasteiger partial charge in [-0.1, -0.05) is 18.2 Å². The summed E-state index contributed by atoms with van der Waals surface area (Å²) >= 11 is 0. The van der Waals surface area contributed by atoms with Crippen molar-refractivity contribution < 1.29 is 9.47 Å². The van der Waals surface area contributed by atoms with Crippen molar-refractivity contribution in [3.63, 3.8) is 0 Å². The lowest BCUT2D eigenvalue weighted by molar-refractivity contribution is 0.185. The third-order valence-electron chi connectivity index (χ3n) is 2.83. The third kappa shape index (κ3) is 3.17. The Kier molecular flexibility index (Phi) is 4.26. The van der Waals surface area contributed by atoms with E-state index >= 15 is 0 Å². The van der Waals surface area contributed by atoms with Gasteiger partial charge in [-0.2, -0.15) is 0 Å². The van der Waals surface area contributed by atoms with Crippen LogP contribution in [0.25, 0.3) is 0 Å². The predicted octanol–water partition coefficient (Wildman–Crippen LogP) is 3.17. The second kappa shape index (κ2) is 6.11. The van der Waals surface area contributed by atoms with Crippen LogP contribution in [0.15, 0.2) is 42.5 Å². The molecule has 0 aromatic heterocycles. The van der Waals surface area contributed by atoms with Crippen LogP contribution in [-0.2, 0) is 11.3 Å². The zero-order chi connectivity index (χ0) is 13.7. The summed E-state index contributed by atoms with van der Waals surface area (Å²) in [5, 5.41) is 3.34. The van der Waals surface area contributed by atoms with E-state index in [-0.39, 0.29) is 0 Å². The van der Waals surface area contributed by atoms with E-state index in [2.05, 4.69) is 5.32 Å². The van der Waals surface area contributed by atoms with Gasteiger partial charge in [-0.3, -0.25) is 0 Å². The maximum atomic E-state index is 5.80. The van der Waals surface area contributed by atoms with Crippen molar-refractivity contribution >= 4 is 17.1 Å². The molecular formula is C15H18N2O2. The van der Waals surface area contributed by atoms with Crippen LogP contribution in [0, 0.1) is 0 Å². The van der Waals surface area contributed by atoms with E-state index in [1.807, 2.05) is 42.5 Å². The molecule has 4 nitrogen and oxygen atoms in total. The summed E-state index contributed by atoms with van der Waals surface area (Å²) in [7, 11) is 3.29. The molecule has 0 saturated carbocycles. The number of nitrogens with two attached hydrogens (primary N) is 1. The summed E-state index contributed by atoms with van der Waals surface area (Å²) in [5.41, 5.74) is 9.46. The average molecular weight is 258 g/mol. The number of anilines is 3. The monoisotopic (exact) mass is 258 g/mol. The lowest BCUT2D eigenvalue weighted by Crippen LogP contribution is -1.98. The number of para-hydroxylation sites is 1. The summed E-state index contributed by atoms with van der Waals surface area (Å²) in [6.45, 7) is 0.565. The van der Waals surface area contributed by atoms with Gasteiger partial charge in [-0.25, -0.2) is 0 Å². The molecule has 2 rings (SSSR count). The number of ether oxygens (including phenoxy) is 2. The van der Waals surface area contributed by atoms with Crippen molar-refractivity contribution in [2.75, 3.05) is 25.3 Å². The lowest BCUT2D eigenvalue weighted by atomic mass is 10.1. The molecule has 0 spiro atoms. The zero-order valence-corrected chi connectivity index (χ0v) is 11.1. The van der Waals surface area contributed by atoms with Crippen molar-refractivity contribution in [3.05, 3.63) is 48.0 Å². The van der Waals surface area contributed by atoms with Crippen molar-refractivity contribution in [3.8, 4) is 5.75 Å². The lowest BCUT2D eigenvalue weighted by Gasteiger charge is -2.13. The first kappa shape index (κ1) is 13.2. The minimum absolute atomic E-state index is 0.565. The smallest absolute Gasteiger partial charge is 0.143 e. The van der Waals surface area contributed by atoms with Crippen LogP contribution in [0.2, 0.25) is 0 Å². The molecule has 2 aromatic carbocycles. The van der Waals surface area contributed by atoms with E-state index in [4.69, 9.17) is 15.2 Å². The summed E-state index contributed by atoms with van der Waals surface area (Å²) in [5.74, 6) is 0.661. The van der Waals surface area contributed by atoms with Gasteiger partial charge in [-0.15, -0.1) is 0 Å². The summed E-state index contributed by atoms with van der Waals surface area (Å²) < 4.78 is 10.4. The third-order valence-corrected chi connectivity index (χ3v) is 2.83. The molecule has 0 atom stereocenters. The molecule has 0 heterocycles. The molecule has 0 fully saturated rings. The zero-order valence-electron chi connectivity index (χ0n) is 11.1. The van der Waals surface area contributed by atoms with Crippen molar-refractivity contribution in [1.29, 1.82) is 0 Å². The minimum atomic E-state index is 0.565. The van der Waals surface area contributed by atoms with Gasteiger partial charge < -0.3 is 20.5 Å². The number of hydrogen-bond acceptors (Lipinski definition) is 4. The fraction of sp³-hybridized carbons (Fsp3) is 0.200. The fourth-order valence-electron chi connectivity index (χ4n) is 1.87. The Hall–Kier alpha value is -2.20. The first-order chi connectivity index (χ1) is 9.24. The Morgan fingerprint density at radius 1 is 1.11 bits per heavy atom. The van der Waals surface area contributed by atoms with E-state index in [1.165, 1.54) is 0 Å². The van der Waals surface area contributed by atoms with Gasteiger partial charge in [-0.05, 0) is 18.2 Å². The molecule has 0 aliphatic heterocycles. The highest BCUT2D eigenvalue weighted by molar-refractivity contribution is 5.68. The molecule has 3 N–H and O–H groups in total. The Balaban J connectivity index is 2.26. The number of nitrogens with one attached hydrogen (secondary N) is 1. The van der Waals surface area contributed by atoms with E-state index in [1.54, 1.807) is 14.2 Å². The van der Waals surface area contributed by atoms with Crippen molar-refractivity contribution in [2.24, 2.45) is 0 Å². The van der Waals surface area contributed by atoms with E-state index in [9.17, 15) is 0 Å². The first-order valence-electron chi connectivity index (χ1n) is 6.02. The Morgan fingerprint density at radius 2 is 1.89 bits per heavy atom. The highest BCUT2D eigenvalue weighted by Gasteiger charge is 2.04. The number of hydrogen-bond donors (Lipinski definition) is 2. The molecule has 0 unspecified atom stereocenters. The second-order valence-corrected chi connectivity index (χ2v) is 4.17. The normalized spacial score (nSPS) is 10.2. The first-order valence-corrected chi connectivity index (χ1v) is 6.02. The van der Waals surface area contributed by atoms with Gasteiger partial charge in [0, 0.05) is 30.1 Å².